The highest BCUT2D eigenvalue weighted by Crippen LogP contribution is 2.42. The second-order valence-corrected chi connectivity index (χ2v) is 25.4. The number of hydrogen-bond donors (Lipinski definition) is 26. The summed E-state index contributed by atoms with van der Waals surface area (Å²) in [5, 5.41) is 251. The largest absolute Gasteiger partial charge is 0.477 e. The smallest absolute Gasteiger partial charge is 0.364 e. The summed E-state index contributed by atoms with van der Waals surface area (Å²) in [6.45, 7) is -2.13. The van der Waals surface area contributed by atoms with Gasteiger partial charge < -0.3 is 195 Å². The first-order valence-corrected chi connectivity index (χ1v) is 31.7. The summed E-state index contributed by atoms with van der Waals surface area (Å²) in [6.07, 6.45) is -69.4. The number of amides is 4. The van der Waals surface area contributed by atoms with E-state index in [1.165, 1.54) is 6.92 Å². The van der Waals surface area contributed by atoms with Crippen molar-refractivity contribution in [1.29, 1.82) is 0 Å². The first-order chi connectivity index (χ1) is 47.3. The van der Waals surface area contributed by atoms with Gasteiger partial charge in [-0.3, -0.25) is 19.2 Å². The molecule has 0 aromatic rings. The fourth-order valence-corrected chi connectivity index (χ4v) is 12.9. The number of aliphatic hydroxyl groups excluding tert-OH is 20. The van der Waals surface area contributed by atoms with E-state index in [9.17, 15) is 141 Å². The summed E-state index contributed by atoms with van der Waals surface area (Å²) in [4.78, 5) is 76.9. The highest BCUT2D eigenvalue weighted by Gasteiger charge is 2.64. The molecular weight excluding hydrogens is 1380 g/mol. The van der Waals surface area contributed by atoms with Gasteiger partial charge in [0.15, 0.2) is 31.5 Å². The van der Waals surface area contributed by atoms with Crippen LogP contribution in [0.1, 0.15) is 47.5 Å². The quantitative estimate of drug-likeness (QED) is 0.0346. The van der Waals surface area contributed by atoms with Crippen LogP contribution >= 0.6 is 0 Å². The molecule has 7 rings (SSSR count). The van der Waals surface area contributed by atoms with E-state index in [-0.39, 0.29) is 0 Å². The first-order valence-electron chi connectivity index (χ1n) is 31.7. The molecule has 0 saturated carbocycles. The molecule has 0 aromatic carbocycles. The van der Waals surface area contributed by atoms with Crippen LogP contribution in [0.15, 0.2) is 0 Å². The molecule has 7 heterocycles. The molecule has 0 aliphatic carbocycles. The minimum absolute atomic E-state index is 0.864. The molecule has 45 heteroatoms. The van der Waals surface area contributed by atoms with E-state index >= 15 is 0 Å². The summed E-state index contributed by atoms with van der Waals surface area (Å²) in [6, 6.07) is -7.34. The number of aliphatic carboxylic acids is 2. The molecule has 101 heavy (non-hydrogen) atoms. The van der Waals surface area contributed by atoms with E-state index < -0.39 is 314 Å². The van der Waals surface area contributed by atoms with Crippen molar-refractivity contribution >= 4 is 35.6 Å². The number of carboxylic acid groups (broad SMARTS) is 2. The van der Waals surface area contributed by atoms with E-state index in [1.54, 1.807) is 0 Å². The van der Waals surface area contributed by atoms with Crippen molar-refractivity contribution in [2.45, 2.75) is 273 Å². The Kier molecular flexibility index (Phi) is 29.3. The van der Waals surface area contributed by atoms with Gasteiger partial charge in [-0.1, -0.05) is 0 Å². The van der Waals surface area contributed by atoms with Crippen LogP contribution in [0.3, 0.4) is 0 Å². The number of ether oxygens (including phenoxy) is 13. The lowest BCUT2D eigenvalue weighted by molar-refractivity contribution is -0.392. The van der Waals surface area contributed by atoms with Gasteiger partial charge in [-0.15, -0.1) is 0 Å². The normalized spacial score (nSPS) is 44.9. The van der Waals surface area contributed by atoms with Crippen molar-refractivity contribution < 1.29 is 203 Å². The Bertz CT molecular complexity index is 2760. The van der Waals surface area contributed by atoms with E-state index in [0.29, 0.717) is 0 Å². The highest BCUT2D eigenvalue weighted by atomic mass is 16.8. The van der Waals surface area contributed by atoms with Gasteiger partial charge in [0, 0.05) is 40.5 Å². The van der Waals surface area contributed by atoms with Crippen LogP contribution in [0, 0.1) is 0 Å². The van der Waals surface area contributed by atoms with E-state index in [2.05, 4.69) is 21.3 Å². The third kappa shape index (κ3) is 18.5. The van der Waals surface area contributed by atoms with Crippen LogP contribution in [0.5, 0.6) is 0 Å². The van der Waals surface area contributed by atoms with Gasteiger partial charge in [-0.05, 0) is 6.92 Å². The summed E-state index contributed by atoms with van der Waals surface area (Å²) < 4.78 is 76.3. The summed E-state index contributed by atoms with van der Waals surface area (Å²) >= 11 is 0. The first kappa shape index (κ1) is 83.8. The van der Waals surface area contributed by atoms with Crippen molar-refractivity contribution in [2.24, 2.45) is 0 Å². The standard InChI is InChI=1S/C56H92N4O41/c1-14-31(74)37(80)38(81)50(90-14)97-45-30(60-18(5)69)49(94-25(12-65)41(45)95-51-39(82)46(34(77)23(10-63)92-51)100-55(53(85)86)6-19(70)27(57-15(2)66)43(98-55)32(75)21(72)8-61)89-13-26-36(79)42(29(48(84)91-26)59-17(4)68)96-52-40(83)47(35(78)24(11-64)93-52)101-56(54(87)88)7-20(71)28(58-16(3)67)44(99-56)33(76)22(73)9-62/h14,19-52,61-65,70-84H,6-13H2,1-5H3,(H,57,66)(H,58,67)(H,59,68)(H,60,69)(H,85,86)(H,87,88)/t14-,19-,20-,21+,22+,23+,24+,25+,26+,27+,28+,29+,30+,31+,32+,33+,34-,35-,36-,37+,38-,39+,40+,41+,42+,43+,44+,45+,46-,47-,48-,49+,50-,51-,52-,55-,56-/m0/s1. The number of carboxylic acids is 2. The molecule has 0 aromatic heterocycles. The minimum Gasteiger partial charge on any atom is -0.477 e. The molecule has 0 bridgehead atoms. The third-order valence-corrected chi connectivity index (χ3v) is 18.0. The zero-order chi connectivity index (χ0) is 75.3. The summed E-state index contributed by atoms with van der Waals surface area (Å²) in [5.41, 5.74) is 0. The molecule has 7 saturated heterocycles. The molecule has 45 nitrogen and oxygen atoms in total. The monoisotopic (exact) mass is 1480 g/mol. The molecule has 4 amide bonds. The highest BCUT2D eigenvalue weighted by molar-refractivity contribution is 5.78. The Hall–Kier alpha value is -4.50. The molecule has 7 fully saturated rings. The Labute approximate surface area is 571 Å². The minimum atomic E-state index is -3.30. The van der Waals surface area contributed by atoms with Crippen molar-refractivity contribution in [1.82, 2.24) is 21.3 Å². The number of rotatable bonds is 28. The molecule has 7 aliphatic rings. The number of hydrogen-bond acceptors (Lipinski definition) is 39. The molecule has 0 radical (unpaired) electrons. The average molecular weight is 1480 g/mol. The number of carbonyl (C=O) groups is 6. The van der Waals surface area contributed by atoms with Crippen LogP contribution in [0.2, 0.25) is 0 Å². The van der Waals surface area contributed by atoms with E-state index in [0.717, 1.165) is 27.7 Å². The SMILES string of the molecule is CC(=O)N[C@@H]1[C@@H](O[C@@H]2O[C@H](CO)[C@H](O)[C@H](O[C@]3(C(=O)O)C[C@H](O)[C@@H](NC(C)=O)[C@H]([C@H](O)[C@H](O)CO)O3)[C@H]2O)[C@@H](O)[C@@H](CO[C@@H]2O[C@H](CO)[C@@H](O[C@@H]3O[C@H](CO)[C@H](O)[C@H](O[C@]4(C(=O)O)C[C@H](O)[C@@H](NC(C)=O)[C@H]([C@H](O)[C@H](O)CO)O4)[C@H]3O)[C@H](O[C@@H]3O[C@@H](C)[C@@H](O)[C@@H](O)[C@@H]3O)[C@H]2NC(C)=O)O[C@@H]1O. The Balaban J connectivity index is 1.20. The Morgan fingerprint density at radius 3 is 1.21 bits per heavy atom. The maximum Gasteiger partial charge on any atom is 0.364 e. The second kappa shape index (κ2) is 35.3. The maximum atomic E-state index is 13.3. The third-order valence-electron chi connectivity index (χ3n) is 18.0. The van der Waals surface area contributed by atoms with Crippen molar-refractivity contribution in [3.8, 4) is 0 Å². The predicted octanol–water partition coefficient (Wildman–Crippen LogP) is -16.3. The number of carbonyl (C=O) groups excluding carboxylic acids is 4. The predicted molar refractivity (Wildman–Crippen MR) is 311 cm³/mol. The van der Waals surface area contributed by atoms with Gasteiger partial charge in [0.1, 0.15) is 152 Å². The lowest BCUT2D eigenvalue weighted by Gasteiger charge is -2.52. The zero-order valence-corrected chi connectivity index (χ0v) is 54.5. The van der Waals surface area contributed by atoms with Crippen LogP contribution in [0.4, 0.5) is 0 Å². The Morgan fingerprint density at radius 2 is 0.802 bits per heavy atom. The zero-order valence-electron chi connectivity index (χ0n) is 54.5. The lowest BCUT2D eigenvalue weighted by atomic mass is 9.88. The van der Waals surface area contributed by atoms with Gasteiger partial charge >= 0.3 is 11.9 Å². The van der Waals surface area contributed by atoms with Crippen LogP contribution in [0.25, 0.3) is 0 Å². The summed E-state index contributed by atoms with van der Waals surface area (Å²) in [5.74, 6) is -14.5. The topological polar surface area (TPSA) is 716 Å². The van der Waals surface area contributed by atoms with Crippen LogP contribution in [-0.2, 0) is 90.3 Å². The molecule has 37 atom stereocenters. The second-order valence-electron chi connectivity index (χ2n) is 25.4. The molecule has 26 N–H and O–H groups in total. The van der Waals surface area contributed by atoms with E-state index in [4.69, 9.17) is 61.6 Å². The van der Waals surface area contributed by atoms with Gasteiger partial charge in [0.05, 0.1) is 70.0 Å². The molecule has 0 unspecified atom stereocenters. The van der Waals surface area contributed by atoms with Crippen molar-refractivity contribution in [2.75, 3.05) is 39.6 Å². The fourth-order valence-electron chi connectivity index (χ4n) is 12.9. The van der Waals surface area contributed by atoms with Crippen molar-refractivity contribution in [3.05, 3.63) is 0 Å². The summed E-state index contributed by atoms with van der Waals surface area (Å²) in [7, 11) is 0. The number of aliphatic hydroxyl groups is 20. The van der Waals surface area contributed by atoms with Gasteiger partial charge in [-0.25, -0.2) is 9.59 Å². The molecule has 7 aliphatic heterocycles. The van der Waals surface area contributed by atoms with Crippen LogP contribution < -0.4 is 21.3 Å². The van der Waals surface area contributed by atoms with Gasteiger partial charge in [0.2, 0.25) is 23.6 Å². The van der Waals surface area contributed by atoms with Gasteiger partial charge in [0.25, 0.3) is 11.6 Å². The molecule has 0 spiro atoms. The van der Waals surface area contributed by atoms with Crippen LogP contribution in [-0.4, -0.2) is 413 Å². The van der Waals surface area contributed by atoms with Crippen molar-refractivity contribution in [3.63, 3.8) is 0 Å². The maximum absolute atomic E-state index is 13.3. The lowest BCUT2D eigenvalue weighted by Crippen LogP contribution is -2.72. The fraction of sp³-hybridized carbons (Fsp3) is 0.893. The molecule has 582 valence electrons. The van der Waals surface area contributed by atoms with Gasteiger partial charge in [-0.2, -0.15) is 0 Å². The molecular formula is C56H92N4O41. The Morgan fingerprint density at radius 1 is 0.426 bits per heavy atom. The van der Waals surface area contributed by atoms with E-state index in [1.807, 2.05) is 0 Å². The number of nitrogens with one attached hydrogen (secondary N) is 4. The average Bonchev–Trinajstić information content (AvgIpc) is 0.765.